The first-order chi connectivity index (χ1) is 33.8. The zero-order chi connectivity index (χ0) is 50.6. The van der Waals surface area contributed by atoms with Crippen molar-refractivity contribution < 1.29 is 75.4 Å². The van der Waals surface area contributed by atoms with Gasteiger partial charge < -0.3 is 65.8 Å². The van der Waals surface area contributed by atoms with Crippen LogP contribution in [0.5, 0.6) is 57.5 Å². The number of likely N-dealkylation sites (N-methyl/N-ethyl adjacent to an activating group) is 2. The molecule has 2 aliphatic heterocycles. The zero-order valence-corrected chi connectivity index (χ0v) is 43.0. The van der Waals surface area contributed by atoms with Crippen LogP contribution in [-0.2, 0) is 44.7 Å². The summed E-state index contributed by atoms with van der Waals surface area (Å²) in [4.78, 5) is 25.8. The summed E-state index contributed by atoms with van der Waals surface area (Å²) < 4.78 is 69.8. The number of rotatable bonds is 24. The second-order valence-electron chi connectivity index (χ2n) is 18.0. The van der Waals surface area contributed by atoms with Gasteiger partial charge in [0.1, 0.15) is 12.1 Å². The van der Waals surface area contributed by atoms with E-state index in [-0.39, 0.29) is 25.3 Å². The number of carbonyl (C=O) groups is 2. The summed E-state index contributed by atoms with van der Waals surface area (Å²) in [6, 6.07) is 16.1. The first-order valence-corrected chi connectivity index (χ1v) is 23.5. The molecule has 0 fully saturated rings. The zero-order valence-electron chi connectivity index (χ0n) is 43.0. The van der Waals surface area contributed by atoms with Gasteiger partial charge in [-0.3, -0.25) is 0 Å². The van der Waals surface area contributed by atoms with E-state index in [9.17, 15) is 9.59 Å². The van der Waals surface area contributed by atoms with E-state index in [0.717, 1.165) is 73.3 Å². The fourth-order valence-corrected chi connectivity index (χ4v) is 10.3. The largest absolute Gasteiger partial charge is 0.493 e. The van der Waals surface area contributed by atoms with Crippen molar-refractivity contribution in [2.24, 2.45) is 0 Å². The summed E-state index contributed by atoms with van der Waals surface area (Å²) in [5.74, 6) is 4.87. The highest BCUT2D eigenvalue weighted by Crippen LogP contribution is 2.51. The molecule has 0 radical (unpaired) electrons. The van der Waals surface area contributed by atoms with Crippen LogP contribution < -0.4 is 47.4 Å². The smallest absolute Gasteiger partial charge is 0.331 e. The molecule has 0 saturated heterocycles. The molecule has 0 spiro atoms. The lowest BCUT2D eigenvalue weighted by atomic mass is 9.85. The number of methoxy groups -OCH3 is 10. The Balaban J connectivity index is 1.08. The van der Waals surface area contributed by atoms with Crippen LogP contribution in [-0.4, -0.2) is 145 Å². The first kappa shape index (κ1) is 52.8. The molecule has 0 aliphatic carbocycles. The molecule has 70 heavy (non-hydrogen) atoms. The topological polar surface area (TPSA) is 145 Å². The average molecular weight is 973 g/mol. The Hall–Kier alpha value is -6.52. The van der Waals surface area contributed by atoms with Crippen molar-refractivity contribution in [3.05, 3.63) is 94.1 Å². The van der Waals surface area contributed by atoms with Crippen molar-refractivity contribution in [1.29, 1.82) is 0 Å². The van der Waals surface area contributed by atoms with E-state index in [0.29, 0.717) is 92.3 Å². The number of nitrogens with zero attached hydrogens (tertiary/aromatic N) is 2. The van der Waals surface area contributed by atoms with E-state index < -0.39 is 11.9 Å². The molecule has 4 aromatic carbocycles. The van der Waals surface area contributed by atoms with Crippen molar-refractivity contribution in [1.82, 2.24) is 0 Å². The fraction of sp³-hybridized carbons (Fsp3) is 0.481. The molecule has 2 aliphatic rings. The molecule has 6 rings (SSSR count). The Morgan fingerprint density at radius 2 is 0.929 bits per heavy atom. The van der Waals surface area contributed by atoms with Crippen molar-refractivity contribution in [3.8, 4) is 57.5 Å². The maximum Gasteiger partial charge on any atom is 0.331 e. The normalized spacial score (nSPS) is 19.3. The van der Waals surface area contributed by atoms with Gasteiger partial charge in [0, 0.05) is 56.2 Å². The Morgan fingerprint density at radius 3 is 1.46 bits per heavy atom. The van der Waals surface area contributed by atoms with Gasteiger partial charge in [-0.1, -0.05) is 6.07 Å². The molecule has 4 unspecified atom stereocenters. The summed E-state index contributed by atoms with van der Waals surface area (Å²) in [5.41, 5.74) is 6.61. The summed E-state index contributed by atoms with van der Waals surface area (Å²) in [5, 5.41) is 0. The molecule has 0 aromatic heterocycles. The van der Waals surface area contributed by atoms with Crippen LogP contribution >= 0.6 is 0 Å². The molecular formula is C54H72N2O14+2. The minimum absolute atomic E-state index is 0.0605. The number of fused-ring (bicyclic) bond motifs is 2. The van der Waals surface area contributed by atoms with Crippen molar-refractivity contribution >= 4 is 11.9 Å². The van der Waals surface area contributed by atoms with Crippen molar-refractivity contribution in [3.63, 3.8) is 0 Å². The van der Waals surface area contributed by atoms with E-state index in [1.54, 1.807) is 71.1 Å². The summed E-state index contributed by atoms with van der Waals surface area (Å²) in [6.45, 7) is 3.43. The molecule has 380 valence electrons. The van der Waals surface area contributed by atoms with Gasteiger partial charge in [0.25, 0.3) is 0 Å². The third kappa shape index (κ3) is 11.6. The van der Waals surface area contributed by atoms with Gasteiger partial charge in [0.2, 0.25) is 11.5 Å². The lowest BCUT2D eigenvalue weighted by Crippen LogP contribution is -2.52. The highest BCUT2D eigenvalue weighted by molar-refractivity contribution is 5.91. The van der Waals surface area contributed by atoms with Gasteiger partial charge in [-0.2, -0.15) is 0 Å². The van der Waals surface area contributed by atoms with Crippen LogP contribution in [0.4, 0.5) is 0 Å². The van der Waals surface area contributed by atoms with Crippen LogP contribution in [0.1, 0.15) is 58.3 Å². The van der Waals surface area contributed by atoms with Gasteiger partial charge in [0.05, 0.1) is 130 Å². The van der Waals surface area contributed by atoms with Crippen molar-refractivity contribution in [2.75, 3.05) is 125 Å². The summed E-state index contributed by atoms with van der Waals surface area (Å²) in [6.07, 6.45) is 6.36. The molecule has 0 bridgehead atoms. The molecule has 16 heteroatoms. The number of benzene rings is 4. The van der Waals surface area contributed by atoms with Crippen LogP contribution in [0, 0.1) is 0 Å². The average Bonchev–Trinajstić information content (AvgIpc) is 3.38. The highest BCUT2D eigenvalue weighted by Gasteiger charge is 2.43. The third-order valence-electron chi connectivity index (χ3n) is 14.1. The van der Waals surface area contributed by atoms with Crippen LogP contribution in [0.25, 0.3) is 0 Å². The van der Waals surface area contributed by atoms with E-state index in [1.807, 2.05) is 30.3 Å². The van der Waals surface area contributed by atoms with E-state index in [2.05, 4.69) is 32.3 Å². The minimum Gasteiger partial charge on any atom is -0.493 e. The molecule has 4 atom stereocenters. The Morgan fingerprint density at radius 1 is 0.486 bits per heavy atom. The predicted molar refractivity (Wildman–Crippen MR) is 264 cm³/mol. The highest BCUT2D eigenvalue weighted by atomic mass is 16.6. The van der Waals surface area contributed by atoms with E-state index in [4.69, 9.17) is 56.8 Å². The molecule has 16 nitrogen and oxygen atoms in total. The Labute approximate surface area is 412 Å². The monoisotopic (exact) mass is 972 g/mol. The minimum atomic E-state index is -0.619. The summed E-state index contributed by atoms with van der Waals surface area (Å²) in [7, 11) is 20.7. The SMILES string of the molecule is COc1ccc(CC2c3cc(OC)c(OC)cc3CC[N+]2(C)CCCOC(=O)/C=C/C(=O)OCCC[N+]2(C)CCc3cc(OC)c(OC)c(OC)c3C2Cc2cc(OC)c(OC)c(OC)c2)cc1OC. The van der Waals surface area contributed by atoms with E-state index >= 15 is 0 Å². The molecule has 0 saturated carbocycles. The molecular weight excluding hydrogens is 901 g/mol. The number of carbonyl (C=O) groups excluding carboxylic acids is 2. The Kier molecular flexibility index (Phi) is 18.0. The molecule has 4 aromatic rings. The Bertz CT molecular complexity index is 2470. The number of esters is 2. The lowest BCUT2D eigenvalue weighted by molar-refractivity contribution is -0.941. The lowest BCUT2D eigenvalue weighted by Gasteiger charge is -2.46. The standard InChI is InChI=1S/C54H72N2O14/c1-55(23-19-37-32-44(61-5)45(62-6)34-39(37)40(55)27-35-15-16-42(59-3)43(29-35)60-4)21-13-25-69-49(57)17-18-50(58)70-26-14-22-56(2)24-20-38-33-48(65-9)53(67-11)54(68-12)51(38)41(56)28-36-30-46(63-7)52(66-10)47(31-36)64-8/h15-18,29-34,40-41H,13-14,19-28H2,1-12H3/q+2/b18-17+. The van der Waals surface area contributed by atoms with Crippen LogP contribution in [0.3, 0.4) is 0 Å². The van der Waals surface area contributed by atoms with Gasteiger partial charge in [-0.25, -0.2) is 9.59 Å². The third-order valence-corrected chi connectivity index (χ3v) is 14.1. The molecule has 0 amide bonds. The predicted octanol–water partition coefficient (Wildman–Crippen LogP) is 7.47. The van der Waals surface area contributed by atoms with Gasteiger partial charge >= 0.3 is 11.9 Å². The number of quaternary nitrogens is 2. The first-order valence-electron chi connectivity index (χ1n) is 23.5. The number of hydrogen-bond donors (Lipinski definition) is 0. The van der Waals surface area contributed by atoms with Gasteiger partial charge in [0.15, 0.2) is 46.0 Å². The molecule has 2 heterocycles. The number of hydrogen-bond acceptors (Lipinski definition) is 14. The maximum absolute atomic E-state index is 12.9. The summed E-state index contributed by atoms with van der Waals surface area (Å²) >= 11 is 0. The quantitative estimate of drug-likeness (QED) is 0.0296. The van der Waals surface area contributed by atoms with Crippen LogP contribution in [0.15, 0.2) is 60.7 Å². The second-order valence-corrected chi connectivity index (χ2v) is 18.0. The molecule has 0 N–H and O–H groups in total. The van der Waals surface area contributed by atoms with Crippen LogP contribution in [0.2, 0.25) is 0 Å². The van der Waals surface area contributed by atoms with Gasteiger partial charge in [-0.05, 0) is 64.7 Å². The fourth-order valence-electron chi connectivity index (χ4n) is 10.3. The number of ether oxygens (including phenoxy) is 12. The van der Waals surface area contributed by atoms with E-state index in [1.165, 1.54) is 11.1 Å². The maximum atomic E-state index is 12.9. The van der Waals surface area contributed by atoms with Crippen molar-refractivity contribution in [2.45, 2.75) is 50.6 Å². The van der Waals surface area contributed by atoms with Gasteiger partial charge in [-0.15, -0.1) is 0 Å². The second kappa shape index (κ2) is 23.9.